The zero-order valence-electron chi connectivity index (χ0n) is 13.8. The second-order valence-corrected chi connectivity index (χ2v) is 6.28. The van der Waals surface area contributed by atoms with Crippen molar-refractivity contribution in [2.45, 2.75) is 38.5 Å². The van der Waals surface area contributed by atoms with Gasteiger partial charge in [0.15, 0.2) is 0 Å². The average molecular weight is 347 g/mol. The number of esters is 2. The van der Waals surface area contributed by atoms with E-state index >= 15 is 0 Å². The SMILES string of the molecule is O=C(O)CC(CCC1CC(=O)OC(=O)C1)CC(=O)Nc1ccccc1. The van der Waals surface area contributed by atoms with Crippen LogP contribution in [0, 0.1) is 11.8 Å². The highest BCUT2D eigenvalue weighted by atomic mass is 16.6. The van der Waals surface area contributed by atoms with Crippen LogP contribution in [0.4, 0.5) is 5.69 Å². The third kappa shape index (κ3) is 6.74. The van der Waals surface area contributed by atoms with Gasteiger partial charge in [0.1, 0.15) is 0 Å². The molecule has 25 heavy (non-hydrogen) atoms. The van der Waals surface area contributed by atoms with E-state index in [9.17, 15) is 19.2 Å². The topological polar surface area (TPSA) is 110 Å². The number of nitrogens with one attached hydrogen (secondary N) is 1. The Morgan fingerprint density at radius 1 is 1.12 bits per heavy atom. The molecule has 134 valence electrons. The summed E-state index contributed by atoms with van der Waals surface area (Å²) in [6, 6.07) is 8.93. The molecular weight excluding hydrogens is 326 g/mol. The van der Waals surface area contributed by atoms with Crippen molar-refractivity contribution in [1.82, 2.24) is 0 Å². The number of para-hydroxylation sites is 1. The molecule has 1 heterocycles. The van der Waals surface area contributed by atoms with Gasteiger partial charge in [0.05, 0.1) is 0 Å². The summed E-state index contributed by atoms with van der Waals surface area (Å²) in [6.45, 7) is 0. The minimum atomic E-state index is -0.975. The standard InChI is InChI=1S/C18H21NO6/c20-15(19-14-4-2-1-3-5-14)8-12(9-16(21)22)6-7-13-10-17(23)25-18(24)11-13/h1-5,12-13H,6-11H2,(H,19,20)(H,21,22). The summed E-state index contributed by atoms with van der Waals surface area (Å²) in [6.07, 6.45) is 1.22. The molecule has 1 aliphatic heterocycles. The molecule has 0 saturated carbocycles. The highest BCUT2D eigenvalue weighted by Crippen LogP contribution is 2.26. The lowest BCUT2D eigenvalue weighted by atomic mass is 9.87. The lowest BCUT2D eigenvalue weighted by Crippen LogP contribution is -2.26. The molecule has 7 nitrogen and oxygen atoms in total. The summed E-state index contributed by atoms with van der Waals surface area (Å²) < 4.78 is 4.48. The molecule has 1 atom stereocenters. The van der Waals surface area contributed by atoms with Gasteiger partial charge in [-0.25, -0.2) is 0 Å². The molecular formula is C18H21NO6. The Kier molecular flexibility index (Phi) is 6.68. The van der Waals surface area contributed by atoms with Crippen LogP contribution in [0.3, 0.4) is 0 Å². The molecule has 1 aromatic rings. The predicted molar refractivity (Wildman–Crippen MR) is 88.5 cm³/mol. The smallest absolute Gasteiger partial charge is 0.313 e. The second-order valence-electron chi connectivity index (χ2n) is 6.28. The number of anilines is 1. The molecule has 1 saturated heterocycles. The van der Waals surface area contributed by atoms with Crippen molar-refractivity contribution in [3.63, 3.8) is 0 Å². The molecule has 1 unspecified atom stereocenters. The van der Waals surface area contributed by atoms with Crippen molar-refractivity contribution >= 4 is 29.5 Å². The molecule has 1 aromatic carbocycles. The third-order valence-corrected chi connectivity index (χ3v) is 4.12. The third-order valence-electron chi connectivity index (χ3n) is 4.12. The minimum absolute atomic E-state index is 0.0757. The number of amides is 1. The molecule has 1 amide bonds. The second kappa shape index (κ2) is 8.96. The van der Waals surface area contributed by atoms with Gasteiger partial charge in [-0.05, 0) is 36.8 Å². The Balaban J connectivity index is 1.87. The van der Waals surface area contributed by atoms with E-state index in [4.69, 9.17) is 5.11 Å². The van der Waals surface area contributed by atoms with Crippen molar-refractivity contribution in [3.05, 3.63) is 30.3 Å². The summed E-state index contributed by atoms with van der Waals surface area (Å²) in [5, 5.41) is 11.8. The predicted octanol–water partition coefficient (Wildman–Crippen LogP) is 2.37. The largest absolute Gasteiger partial charge is 0.481 e. The Hall–Kier alpha value is -2.70. The van der Waals surface area contributed by atoms with Gasteiger partial charge >= 0.3 is 17.9 Å². The Labute approximate surface area is 145 Å². The normalized spacial score (nSPS) is 16.2. The van der Waals surface area contributed by atoms with Gasteiger partial charge in [0.25, 0.3) is 0 Å². The van der Waals surface area contributed by atoms with E-state index < -0.39 is 17.9 Å². The molecule has 2 rings (SSSR count). The molecule has 0 bridgehead atoms. The van der Waals surface area contributed by atoms with E-state index in [1.165, 1.54) is 0 Å². The van der Waals surface area contributed by atoms with Gasteiger partial charge in [-0.2, -0.15) is 0 Å². The molecule has 2 N–H and O–H groups in total. The van der Waals surface area contributed by atoms with Crippen molar-refractivity contribution in [2.75, 3.05) is 5.32 Å². The number of cyclic esters (lactones) is 2. The number of carbonyl (C=O) groups is 4. The quantitative estimate of drug-likeness (QED) is 0.552. The number of ether oxygens (including phenoxy) is 1. The molecule has 1 fully saturated rings. The lowest BCUT2D eigenvalue weighted by molar-refractivity contribution is -0.165. The molecule has 0 aromatic heterocycles. The van der Waals surface area contributed by atoms with Crippen LogP contribution in [-0.4, -0.2) is 28.9 Å². The van der Waals surface area contributed by atoms with E-state index in [0.717, 1.165) is 0 Å². The molecule has 0 aliphatic carbocycles. The van der Waals surface area contributed by atoms with Crippen LogP contribution >= 0.6 is 0 Å². The number of carbonyl (C=O) groups excluding carboxylic acids is 3. The van der Waals surface area contributed by atoms with Crippen LogP contribution in [0.2, 0.25) is 0 Å². The molecule has 0 radical (unpaired) electrons. The number of hydrogen-bond acceptors (Lipinski definition) is 5. The van der Waals surface area contributed by atoms with Crippen LogP contribution in [0.15, 0.2) is 30.3 Å². The van der Waals surface area contributed by atoms with Crippen LogP contribution in [0.25, 0.3) is 0 Å². The number of aliphatic carboxylic acids is 1. The monoisotopic (exact) mass is 347 g/mol. The van der Waals surface area contributed by atoms with Crippen LogP contribution in [0.5, 0.6) is 0 Å². The number of carboxylic acids is 1. The minimum Gasteiger partial charge on any atom is -0.481 e. The van der Waals surface area contributed by atoms with E-state index in [2.05, 4.69) is 10.1 Å². The maximum Gasteiger partial charge on any atom is 0.313 e. The lowest BCUT2D eigenvalue weighted by Gasteiger charge is -2.22. The Morgan fingerprint density at radius 3 is 2.36 bits per heavy atom. The summed E-state index contributed by atoms with van der Waals surface area (Å²) in [5.41, 5.74) is 0.655. The Morgan fingerprint density at radius 2 is 1.76 bits per heavy atom. The van der Waals surface area contributed by atoms with E-state index in [0.29, 0.717) is 18.5 Å². The molecule has 1 aliphatic rings. The fourth-order valence-corrected chi connectivity index (χ4v) is 2.95. The fourth-order valence-electron chi connectivity index (χ4n) is 2.95. The zero-order valence-corrected chi connectivity index (χ0v) is 13.8. The first-order valence-corrected chi connectivity index (χ1v) is 8.22. The van der Waals surface area contributed by atoms with Crippen molar-refractivity contribution in [2.24, 2.45) is 11.8 Å². The fraction of sp³-hybridized carbons (Fsp3) is 0.444. The van der Waals surface area contributed by atoms with Gasteiger partial charge in [-0.3, -0.25) is 19.2 Å². The molecule has 7 heteroatoms. The summed E-state index contributed by atoms with van der Waals surface area (Å²) in [5.74, 6) is -2.82. The van der Waals surface area contributed by atoms with Gasteiger partial charge in [-0.1, -0.05) is 18.2 Å². The number of rotatable bonds is 8. The number of benzene rings is 1. The zero-order chi connectivity index (χ0) is 18.2. The first-order valence-electron chi connectivity index (χ1n) is 8.22. The van der Waals surface area contributed by atoms with Gasteiger partial charge in [0, 0.05) is 31.4 Å². The highest BCUT2D eigenvalue weighted by Gasteiger charge is 2.28. The van der Waals surface area contributed by atoms with Crippen LogP contribution in [-0.2, 0) is 23.9 Å². The van der Waals surface area contributed by atoms with Gasteiger partial charge < -0.3 is 15.2 Å². The van der Waals surface area contributed by atoms with Crippen LogP contribution < -0.4 is 5.32 Å². The molecule has 0 spiro atoms. The maximum absolute atomic E-state index is 12.1. The number of carboxylic acid groups (broad SMARTS) is 1. The maximum atomic E-state index is 12.1. The van der Waals surface area contributed by atoms with Gasteiger partial charge in [-0.15, -0.1) is 0 Å². The highest BCUT2D eigenvalue weighted by molar-refractivity contribution is 5.91. The van der Waals surface area contributed by atoms with E-state index in [-0.39, 0.29) is 43.4 Å². The van der Waals surface area contributed by atoms with Crippen molar-refractivity contribution < 1.29 is 29.0 Å². The number of hydrogen-bond donors (Lipinski definition) is 2. The van der Waals surface area contributed by atoms with Gasteiger partial charge in [0.2, 0.25) is 5.91 Å². The van der Waals surface area contributed by atoms with E-state index in [1.807, 2.05) is 6.07 Å². The van der Waals surface area contributed by atoms with Crippen LogP contribution in [0.1, 0.15) is 38.5 Å². The van der Waals surface area contributed by atoms with Crippen molar-refractivity contribution in [3.8, 4) is 0 Å². The summed E-state index contributed by atoms with van der Waals surface area (Å²) >= 11 is 0. The first-order chi connectivity index (χ1) is 11.9. The average Bonchev–Trinajstić information content (AvgIpc) is 2.52. The first kappa shape index (κ1) is 18.6. The summed E-state index contributed by atoms with van der Waals surface area (Å²) in [4.78, 5) is 45.7. The van der Waals surface area contributed by atoms with Crippen molar-refractivity contribution in [1.29, 1.82) is 0 Å². The van der Waals surface area contributed by atoms with E-state index in [1.54, 1.807) is 24.3 Å². The Bertz CT molecular complexity index is 626. The summed E-state index contributed by atoms with van der Waals surface area (Å²) in [7, 11) is 0.